The smallest absolute Gasteiger partial charge is 0.254 e. The Hall–Kier alpha value is -2.45. The summed E-state index contributed by atoms with van der Waals surface area (Å²) in [5.41, 5.74) is 1.73. The van der Waals surface area contributed by atoms with Crippen molar-refractivity contribution in [2.24, 2.45) is 0 Å². The maximum atomic E-state index is 13.2. The average Bonchev–Trinajstić information content (AvgIpc) is 3.13. The summed E-state index contributed by atoms with van der Waals surface area (Å²) in [5.74, 6) is -2.78. The van der Waals surface area contributed by atoms with Crippen LogP contribution in [0.2, 0.25) is 0 Å². The average molecular weight is 372 g/mol. The zero-order chi connectivity index (χ0) is 18.1. The van der Waals surface area contributed by atoms with E-state index in [2.05, 4.69) is 15.1 Å². The fraction of sp³-hybridized carbons (Fsp3) is 0.278. The molecular weight excluding hydrogens is 358 g/mol. The van der Waals surface area contributed by atoms with Gasteiger partial charge < -0.3 is 5.11 Å². The summed E-state index contributed by atoms with van der Waals surface area (Å²) in [6.07, 6.45) is 2.51. The van der Waals surface area contributed by atoms with Crippen LogP contribution in [-0.2, 0) is 5.60 Å². The Morgan fingerprint density at radius 1 is 1.19 bits per heavy atom. The third kappa shape index (κ3) is 2.40. The monoisotopic (exact) mass is 372 g/mol. The van der Waals surface area contributed by atoms with Crippen molar-refractivity contribution in [1.82, 2.24) is 19.6 Å². The van der Waals surface area contributed by atoms with Crippen LogP contribution in [0.1, 0.15) is 23.4 Å². The Bertz CT molecular complexity index is 1160. The Morgan fingerprint density at radius 3 is 2.77 bits per heavy atom. The van der Waals surface area contributed by atoms with E-state index in [-0.39, 0.29) is 0 Å². The van der Waals surface area contributed by atoms with Crippen LogP contribution >= 0.6 is 11.3 Å². The molecule has 5 nitrogen and oxygen atoms in total. The molecule has 0 aromatic carbocycles. The van der Waals surface area contributed by atoms with Crippen molar-refractivity contribution >= 4 is 27.2 Å². The third-order valence-corrected chi connectivity index (χ3v) is 5.92. The zero-order valence-corrected chi connectivity index (χ0v) is 14.6. The molecule has 1 saturated carbocycles. The number of imidazole rings is 1. The normalized spacial score (nSPS) is 18.3. The highest BCUT2D eigenvalue weighted by atomic mass is 32.1. The van der Waals surface area contributed by atoms with Gasteiger partial charge in [0.15, 0.2) is 5.65 Å². The van der Waals surface area contributed by atoms with Crippen LogP contribution in [0.4, 0.5) is 8.78 Å². The first-order valence-corrected chi connectivity index (χ1v) is 8.97. The lowest BCUT2D eigenvalue weighted by Crippen LogP contribution is -2.48. The number of aromatic nitrogens is 4. The number of pyridine rings is 1. The summed E-state index contributed by atoms with van der Waals surface area (Å²) in [6.45, 7) is 1.90. The highest BCUT2D eigenvalue weighted by Gasteiger charge is 2.57. The summed E-state index contributed by atoms with van der Waals surface area (Å²) in [5, 5.41) is 15.6. The number of thiophene rings is 1. The molecule has 0 saturated heterocycles. The van der Waals surface area contributed by atoms with Gasteiger partial charge in [0.2, 0.25) is 0 Å². The third-order valence-electron chi connectivity index (χ3n) is 4.68. The van der Waals surface area contributed by atoms with E-state index in [0.29, 0.717) is 9.71 Å². The Morgan fingerprint density at radius 2 is 2.00 bits per heavy atom. The summed E-state index contributed by atoms with van der Waals surface area (Å²) < 4.78 is 28.1. The number of fused-ring (bicyclic) bond motifs is 2. The highest BCUT2D eigenvalue weighted by Crippen LogP contribution is 2.53. The molecule has 0 bridgehead atoms. The standard InChI is InChI=1S/C18H14F2N4OS/c1-10-7-24-15(22-10)5-12(6-21-24)13-3-2-11-4-14(26-16(11)23-13)17(25)8-18(19,20)9-17/h2-7,25H,8-9H2,1H3. The molecule has 1 aliphatic rings. The molecule has 8 heteroatoms. The summed E-state index contributed by atoms with van der Waals surface area (Å²) in [7, 11) is 0. The van der Waals surface area contributed by atoms with E-state index in [1.54, 1.807) is 16.8 Å². The lowest BCUT2D eigenvalue weighted by atomic mass is 9.75. The first-order valence-electron chi connectivity index (χ1n) is 8.15. The van der Waals surface area contributed by atoms with Crippen LogP contribution in [0.5, 0.6) is 0 Å². The minimum absolute atomic E-state index is 0.528. The van der Waals surface area contributed by atoms with Gasteiger partial charge in [0.05, 0.1) is 23.8 Å². The highest BCUT2D eigenvalue weighted by molar-refractivity contribution is 7.18. The lowest BCUT2D eigenvalue weighted by molar-refractivity contribution is -0.208. The van der Waals surface area contributed by atoms with E-state index in [9.17, 15) is 13.9 Å². The summed E-state index contributed by atoms with van der Waals surface area (Å²) in [4.78, 5) is 10.3. The van der Waals surface area contributed by atoms with E-state index in [1.807, 2.05) is 31.3 Å². The van der Waals surface area contributed by atoms with Crippen LogP contribution in [-0.4, -0.2) is 30.6 Å². The molecule has 4 heterocycles. The van der Waals surface area contributed by atoms with E-state index in [4.69, 9.17) is 0 Å². The van der Waals surface area contributed by atoms with Gasteiger partial charge in [-0.2, -0.15) is 5.10 Å². The van der Waals surface area contributed by atoms with Crippen LogP contribution in [0, 0.1) is 6.92 Å². The van der Waals surface area contributed by atoms with E-state index < -0.39 is 24.4 Å². The Kier molecular flexibility index (Phi) is 3.06. The van der Waals surface area contributed by atoms with Crippen molar-refractivity contribution in [2.75, 3.05) is 0 Å². The molecule has 0 atom stereocenters. The van der Waals surface area contributed by atoms with Gasteiger partial charge in [-0.15, -0.1) is 11.3 Å². The van der Waals surface area contributed by atoms with Gasteiger partial charge in [-0.1, -0.05) is 0 Å². The zero-order valence-electron chi connectivity index (χ0n) is 13.8. The number of rotatable bonds is 2. The number of aryl methyl sites for hydroxylation is 1. The number of hydrogen-bond donors (Lipinski definition) is 1. The van der Waals surface area contributed by atoms with Crippen LogP contribution in [0.25, 0.3) is 27.1 Å². The van der Waals surface area contributed by atoms with Gasteiger partial charge in [-0.05, 0) is 31.2 Å². The SMILES string of the molecule is Cc1cn2ncc(-c3ccc4cc(C5(O)CC(F)(F)C5)sc4n3)cc2n1. The molecule has 132 valence electrons. The van der Waals surface area contributed by atoms with Gasteiger partial charge in [-0.3, -0.25) is 0 Å². The predicted molar refractivity (Wildman–Crippen MR) is 94.4 cm³/mol. The number of aliphatic hydroxyl groups is 1. The number of nitrogens with zero attached hydrogens (tertiary/aromatic N) is 4. The van der Waals surface area contributed by atoms with Crippen LogP contribution in [0.15, 0.2) is 36.7 Å². The Balaban J connectivity index is 1.55. The molecule has 26 heavy (non-hydrogen) atoms. The maximum Gasteiger partial charge on any atom is 0.254 e. The molecule has 4 aromatic heterocycles. The van der Waals surface area contributed by atoms with Crippen molar-refractivity contribution in [3.63, 3.8) is 0 Å². The van der Waals surface area contributed by atoms with Gasteiger partial charge in [0.1, 0.15) is 10.4 Å². The van der Waals surface area contributed by atoms with Crippen molar-refractivity contribution in [2.45, 2.75) is 31.3 Å². The quantitative estimate of drug-likeness (QED) is 0.579. The maximum absolute atomic E-state index is 13.2. The second kappa shape index (κ2) is 5.05. The molecule has 0 spiro atoms. The van der Waals surface area contributed by atoms with Gasteiger partial charge in [-0.25, -0.2) is 23.3 Å². The van der Waals surface area contributed by atoms with Crippen LogP contribution in [0.3, 0.4) is 0 Å². The van der Waals surface area contributed by atoms with Crippen LogP contribution < -0.4 is 0 Å². The van der Waals surface area contributed by atoms with E-state index >= 15 is 0 Å². The molecule has 0 radical (unpaired) electrons. The molecule has 5 rings (SSSR count). The van der Waals surface area contributed by atoms with E-state index in [1.165, 1.54) is 11.3 Å². The largest absolute Gasteiger partial charge is 0.384 e. The van der Waals surface area contributed by atoms with Gasteiger partial charge in [0.25, 0.3) is 5.92 Å². The number of halogens is 2. The Labute approximate surface area is 151 Å². The summed E-state index contributed by atoms with van der Waals surface area (Å²) >= 11 is 1.26. The fourth-order valence-corrected chi connectivity index (χ4v) is 4.54. The fourth-order valence-electron chi connectivity index (χ4n) is 3.42. The molecule has 0 amide bonds. The molecule has 4 aromatic rings. The van der Waals surface area contributed by atoms with Gasteiger partial charge >= 0.3 is 0 Å². The lowest BCUT2D eigenvalue weighted by Gasteiger charge is -2.42. The minimum atomic E-state index is -2.78. The predicted octanol–water partition coefficient (Wildman–Crippen LogP) is 3.93. The first kappa shape index (κ1) is 15.8. The second-order valence-corrected chi connectivity index (χ2v) is 7.90. The van der Waals surface area contributed by atoms with Crippen molar-refractivity contribution in [3.05, 3.63) is 47.2 Å². The molecule has 1 fully saturated rings. The van der Waals surface area contributed by atoms with Gasteiger partial charge in [0, 0.05) is 28.7 Å². The summed E-state index contributed by atoms with van der Waals surface area (Å²) in [6, 6.07) is 7.41. The second-order valence-electron chi connectivity index (χ2n) is 6.87. The van der Waals surface area contributed by atoms with Crippen molar-refractivity contribution in [1.29, 1.82) is 0 Å². The number of hydrogen-bond acceptors (Lipinski definition) is 5. The molecule has 1 N–H and O–H groups in total. The molecule has 0 aliphatic heterocycles. The van der Waals surface area contributed by atoms with Crippen molar-refractivity contribution in [3.8, 4) is 11.3 Å². The first-order chi connectivity index (χ1) is 12.3. The minimum Gasteiger partial charge on any atom is -0.384 e. The molecule has 1 aliphatic carbocycles. The number of alkyl halides is 2. The molecular formula is C18H14F2N4OS. The van der Waals surface area contributed by atoms with Crippen molar-refractivity contribution < 1.29 is 13.9 Å². The topological polar surface area (TPSA) is 63.3 Å². The van der Waals surface area contributed by atoms with E-state index in [0.717, 1.165) is 28.0 Å². The molecule has 0 unspecified atom stereocenters.